The van der Waals surface area contributed by atoms with Gasteiger partial charge >= 0.3 is 0 Å². The minimum Gasteiger partial charge on any atom is -0.398 e. The Kier molecular flexibility index (Phi) is 6.14. The van der Waals surface area contributed by atoms with Crippen molar-refractivity contribution in [1.29, 1.82) is 0 Å². The molecule has 5 nitrogen and oxygen atoms in total. The monoisotopic (exact) mass is 435 g/mol. The minimum atomic E-state index is -0.803. The van der Waals surface area contributed by atoms with Crippen molar-refractivity contribution in [3.8, 4) is 0 Å². The van der Waals surface area contributed by atoms with Crippen molar-refractivity contribution in [2.45, 2.75) is 18.4 Å². The summed E-state index contributed by atoms with van der Waals surface area (Å²) >= 11 is 3.41. The zero-order valence-electron chi connectivity index (χ0n) is 14.9. The second-order valence-corrected chi connectivity index (χ2v) is 7.78. The van der Waals surface area contributed by atoms with Crippen LogP contribution in [0.15, 0.2) is 46.9 Å². The molecule has 7 heteroatoms. The molecule has 3 rings (SSSR count). The van der Waals surface area contributed by atoms with Gasteiger partial charge in [0.1, 0.15) is 5.82 Å². The summed E-state index contributed by atoms with van der Waals surface area (Å²) in [4.78, 5) is 14.4. The molecule has 1 heterocycles. The normalized spacial score (nSPS) is 16.9. The summed E-state index contributed by atoms with van der Waals surface area (Å²) in [5.74, 6) is -0.772. The SMILES string of the molecule is Nc1cc(F)ccc1C(=O)NCCN1CCC(O)(c2ccc(Br)cc2)CC1. The number of benzene rings is 2. The number of hydrogen-bond donors (Lipinski definition) is 3. The number of carbonyl (C=O) groups excluding carboxylic acids is 1. The molecule has 0 atom stereocenters. The Morgan fingerprint density at radius 3 is 2.52 bits per heavy atom. The first kappa shape index (κ1) is 19.8. The van der Waals surface area contributed by atoms with E-state index in [1.54, 1.807) is 0 Å². The van der Waals surface area contributed by atoms with E-state index in [-0.39, 0.29) is 17.2 Å². The molecule has 1 amide bonds. The molecule has 0 unspecified atom stereocenters. The lowest BCUT2D eigenvalue weighted by Crippen LogP contribution is -2.45. The minimum absolute atomic E-state index is 0.130. The van der Waals surface area contributed by atoms with Gasteiger partial charge in [-0.05, 0) is 48.7 Å². The molecule has 0 spiro atoms. The summed E-state index contributed by atoms with van der Waals surface area (Å²) in [5, 5.41) is 13.7. The van der Waals surface area contributed by atoms with Crippen molar-refractivity contribution in [1.82, 2.24) is 10.2 Å². The molecule has 1 aliphatic rings. The number of nitrogen functional groups attached to an aromatic ring is 1. The summed E-state index contributed by atoms with van der Waals surface area (Å²) in [6.07, 6.45) is 1.29. The van der Waals surface area contributed by atoms with Crippen LogP contribution < -0.4 is 11.1 Å². The van der Waals surface area contributed by atoms with Crippen LogP contribution in [-0.4, -0.2) is 42.1 Å². The molecule has 1 fully saturated rings. The second-order valence-electron chi connectivity index (χ2n) is 6.87. The Morgan fingerprint density at radius 1 is 1.22 bits per heavy atom. The molecule has 0 bridgehead atoms. The second kappa shape index (κ2) is 8.37. The molecule has 2 aromatic carbocycles. The van der Waals surface area contributed by atoms with E-state index in [0.717, 1.165) is 29.2 Å². The van der Waals surface area contributed by atoms with Gasteiger partial charge in [0, 0.05) is 36.3 Å². The molecule has 27 heavy (non-hydrogen) atoms. The number of likely N-dealkylation sites (tertiary alicyclic amines) is 1. The predicted octanol–water partition coefficient (Wildman–Crippen LogP) is 2.88. The first-order valence-corrected chi connectivity index (χ1v) is 9.71. The summed E-state index contributed by atoms with van der Waals surface area (Å²) in [6.45, 7) is 2.65. The number of aliphatic hydroxyl groups is 1. The predicted molar refractivity (Wildman–Crippen MR) is 107 cm³/mol. The van der Waals surface area contributed by atoms with E-state index in [4.69, 9.17) is 5.73 Å². The summed E-state index contributed by atoms with van der Waals surface area (Å²) in [5.41, 5.74) is 6.23. The summed E-state index contributed by atoms with van der Waals surface area (Å²) in [6, 6.07) is 11.5. The zero-order valence-corrected chi connectivity index (χ0v) is 16.5. The highest BCUT2D eigenvalue weighted by Crippen LogP contribution is 2.33. The van der Waals surface area contributed by atoms with E-state index < -0.39 is 11.4 Å². The third-order valence-electron chi connectivity index (χ3n) is 5.04. The number of hydrogen-bond acceptors (Lipinski definition) is 4. The molecule has 0 radical (unpaired) electrons. The van der Waals surface area contributed by atoms with Gasteiger partial charge in [0.05, 0.1) is 11.2 Å². The molecule has 1 aliphatic heterocycles. The average Bonchev–Trinajstić information content (AvgIpc) is 2.64. The van der Waals surface area contributed by atoms with Gasteiger partial charge in [0.25, 0.3) is 5.91 Å². The Bertz CT molecular complexity index is 805. The molecular weight excluding hydrogens is 413 g/mol. The highest BCUT2D eigenvalue weighted by atomic mass is 79.9. The third-order valence-corrected chi connectivity index (χ3v) is 5.57. The van der Waals surface area contributed by atoms with E-state index in [0.29, 0.717) is 25.9 Å². The fourth-order valence-electron chi connectivity index (χ4n) is 3.36. The number of piperidine rings is 1. The maximum atomic E-state index is 13.1. The number of rotatable bonds is 5. The van der Waals surface area contributed by atoms with Gasteiger partial charge in [-0.25, -0.2) is 4.39 Å². The highest BCUT2D eigenvalue weighted by Gasteiger charge is 2.33. The van der Waals surface area contributed by atoms with Crippen LogP contribution in [0.2, 0.25) is 0 Å². The third kappa shape index (κ3) is 4.86. The molecule has 0 saturated carbocycles. The van der Waals surface area contributed by atoms with E-state index >= 15 is 0 Å². The van der Waals surface area contributed by atoms with Crippen LogP contribution in [0, 0.1) is 5.82 Å². The highest BCUT2D eigenvalue weighted by molar-refractivity contribution is 9.10. The fraction of sp³-hybridized carbons (Fsp3) is 0.350. The van der Waals surface area contributed by atoms with Crippen LogP contribution in [0.5, 0.6) is 0 Å². The number of halogens is 2. The first-order chi connectivity index (χ1) is 12.9. The first-order valence-electron chi connectivity index (χ1n) is 8.91. The number of anilines is 1. The lowest BCUT2D eigenvalue weighted by Gasteiger charge is -2.38. The molecule has 2 aromatic rings. The molecule has 144 valence electrons. The Labute approximate surface area is 166 Å². The molecule has 4 N–H and O–H groups in total. The topological polar surface area (TPSA) is 78.6 Å². The van der Waals surface area contributed by atoms with Crippen LogP contribution >= 0.6 is 15.9 Å². The fourth-order valence-corrected chi connectivity index (χ4v) is 3.62. The molecule has 1 saturated heterocycles. The van der Waals surface area contributed by atoms with Crippen LogP contribution in [0.1, 0.15) is 28.8 Å². The zero-order chi connectivity index (χ0) is 19.4. The quantitative estimate of drug-likeness (QED) is 0.630. The Balaban J connectivity index is 1.47. The van der Waals surface area contributed by atoms with Gasteiger partial charge in [-0.1, -0.05) is 28.1 Å². The number of nitrogens with zero attached hydrogens (tertiary/aromatic N) is 1. The van der Waals surface area contributed by atoms with E-state index in [1.165, 1.54) is 12.1 Å². The van der Waals surface area contributed by atoms with Gasteiger partial charge in [-0.15, -0.1) is 0 Å². The number of nitrogens with one attached hydrogen (secondary N) is 1. The molecule has 0 aliphatic carbocycles. The van der Waals surface area contributed by atoms with Gasteiger partial charge < -0.3 is 21.1 Å². The van der Waals surface area contributed by atoms with Crippen molar-refractivity contribution < 1.29 is 14.3 Å². The number of carbonyl (C=O) groups is 1. The maximum absolute atomic E-state index is 13.1. The van der Waals surface area contributed by atoms with Crippen LogP contribution in [-0.2, 0) is 5.60 Å². The average molecular weight is 436 g/mol. The largest absolute Gasteiger partial charge is 0.398 e. The van der Waals surface area contributed by atoms with Gasteiger partial charge in [0.15, 0.2) is 0 Å². The van der Waals surface area contributed by atoms with Crippen LogP contribution in [0.25, 0.3) is 0 Å². The van der Waals surface area contributed by atoms with E-state index in [9.17, 15) is 14.3 Å². The Morgan fingerprint density at radius 2 is 1.89 bits per heavy atom. The van der Waals surface area contributed by atoms with E-state index in [1.807, 2.05) is 24.3 Å². The van der Waals surface area contributed by atoms with E-state index in [2.05, 4.69) is 26.1 Å². The van der Waals surface area contributed by atoms with Gasteiger partial charge in [0.2, 0.25) is 0 Å². The number of nitrogens with two attached hydrogens (primary N) is 1. The maximum Gasteiger partial charge on any atom is 0.253 e. The number of amides is 1. The van der Waals surface area contributed by atoms with Crippen molar-refractivity contribution in [2.75, 3.05) is 31.9 Å². The van der Waals surface area contributed by atoms with Crippen molar-refractivity contribution >= 4 is 27.5 Å². The van der Waals surface area contributed by atoms with Crippen molar-refractivity contribution in [3.05, 3.63) is 63.9 Å². The lowest BCUT2D eigenvalue weighted by atomic mass is 9.84. The van der Waals surface area contributed by atoms with Crippen molar-refractivity contribution in [3.63, 3.8) is 0 Å². The molecule has 0 aromatic heterocycles. The van der Waals surface area contributed by atoms with Gasteiger partial charge in [-0.3, -0.25) is 4.79 Å². The van der Waals surface area contributed by atoms with Crippen LogP contribution in [0.3, 0.4) is 0 Å². The lowest BCUT2D eigenvalue weighted by molar-refractivity contribution is -0.0255. The summed E-state index contributed by atoms with van der Waals surface area (Å²) < 4.78 is 14.1. The Hall–Kier alpha value is -1.96. The summed E-state index contributed by atoms with van der Waals surface area (Å²) in [7, 11) is 0. The van der Waals surface area contributed by atoms with Gasteiger partial charge in [-0.2, -0.15) is 0 Å². The van der Waals surface area contributed by atoms with Crippen molar-refractivity contribution in [2.24, 2.45) is 0 Å². The smallest absolute Gasteiger partial charge is 0.253 e. The standard InChI is InChI=1S/C20H23BrFN3O2/c21-15-3-1-14(2-4-15)20(27)7-10-25(11-8-20)12-9-24-19(26)17-6-5-16(22)13-18(17)23/h1-6,13,27H,7-12,23H2,(H,24,26). The molecular formula is C20H23BrFN3O2. The van der Waals surface area contributed by atoms with Crippen LogP contribution in [0.4, 0.5) is 10.1 Å².